The monoisotopic (exact) mass is 237 g/mol. The number of hydrogen-bond acceptors (Lipinski definition) is 4. The number of aromatic nitrogens is 2. The highest BCUT2D eigenvalue weighted by molar-refractivity contribution is 5.94. The molecular formula is C11H15N3O3. The summed E-state index contributed by atoms with van der Waals surface area (Å²) in [4.78, 5) is 22.7. The Labute approximate surface area is 99.1 Å². The van der Waals surface area contributed by atoms with Crippen LogP contribution in [0.2, 0.25) is 0 Å². The number of carbonyl (C=O) groups is 2. The van der Waals surface area contributed by atoms with Gasteiger partial charge in [-0.05, 0) is 19.4 Å². The molecule has 0 aromatic carbocycles. The first kappa shape index (κ1) is 13.1. The fraction of sp³-hybridized carbons (Fsp3) is 0.455. The Kier molecular flexibility index (Phi) is 4.14. The molecule has 1 aromatic rings. The van der Waals surface area contributed by atoms with E-state index in [-0.39, 0.29) is 12.5 Å². The van der Waals surface area contributed by atoms with Gasteiger partial charge in [0.05, 0.1) is 23.4 Å². The van der Waals surface area contributed by atoms with E-state index in [1.54, 1.807) is 13.8 Å². The van der Waals surface area contributed by atoms with E-state index < -0.39 is 11.4 Å². The first-order chi connectivity index (χ1) is 7.99. The molecule has 1 atom stereocenters. The summed E-state index contributed by atoms with van der Waals surface area (Å²) in [5.41, 5.74) is -0.584. The zero-order valence-electron chi connectivity index (χ0n) is 9.80. The molecular weight excluding hydrogens is 222 g/mol. The molecule has 0 saturated carbocycles. The molecule has 1 aromatic heterocycles. The van der Waals surface area contributed by atoms with Gasteiger partial charge in [-0.15, -0.1) is 0 Å². The topological polar surface area (TPSA) is 92.2 Å². The third-order valence-electron chi connectivity index (χ3n) is 2.78. The van der Waals surface area contributed by atoms with Gasteiger partial charge < -0.3 is 10.4 Å². The lowest BCUT2D eigenvalue weighted by Crippen LogP contribution is -2.40. The summed E-state index contributed by atoms with van der Waals surface area (Å²) < 4.78 is 0. The first-order valence-electron chi connectivity index (χ1n) is 5.28. The summed E-state index contributed by atoms with van der Waals surface area (Å²) in [5, 5.41) is 18.8. The van der Waals surface area contributed by atoms with E-state index in [1.807, 2.05) is 0 Å². The van der Waals surface area contributed by atoms with Gasteiger partial charge in [0.1, 0.15) is 0 Å². The summed E-state index contributed by atoms with van der Waals surface area (Å²) in [6.07, 6.45) is 3.18. The van der Waals surface area contributed by atoms with Crippen LogP contribution in [0, 0.1) is 5.41 Å². The number of hydrogen-bond donors (Lipinski definition) is 2. The van der Waals surface area contributed by atoms with Crippen LogP contribution < -0.4 is 5.32 Å². The van der Waals surface area contributed by atoms with Crippen molar-refractivity contribution < 1.29 is 14.7 Å². The van der Waals surface area contributed by atoms with Crippen LogP contribution in [0.5, 0.6) is 0 Å². The highest BCUT2D eigenvalue weighted by Crippen LogP contribution is 2.19. The fourth-order valence-electron chi connectivity index (χ4n) is 1.15. The van der Waals surface area contributed by atoms with Gasteiger partial charge in [0, 0.05) is 6.54 Å². The maximum absolute atomic E-state index is 11.7. The van der Waals surface area contributed by atoms with Crippen LogP contribution in [0.4, 0.5) is 0 Å². The number of nitrogens with one attached hydrogen (secondary N) is 1. The highest BCUT2D eigenvalue weighted by atomic mass is 16.4. The van der Waals surface area contributed by atoms with Crippen LogP contribution in [0.1, 0.15) is 30.6 Å². The number of nitrogens with zero attached hydrogens (tertiary/aromatic N) is 2. The molecule has 6 heteroatoms. The molecule has 0 bridgehead atoms. The van der Waals surface area contributed by atoms with Gasteiger partial charge in [-0.25, -0.2) is 0 Å². The van der Waals surface area contributed by atoms with Crippen molar-refractivity contribution in [3.05, 3.63) is 24.0 Å². The number of carboxylic acids is 1. The van der Waals surface area contributed by atoms with E-state index in [0.29, 0.717) is 12.0 Å². The number of amides is 1. The standard InChI is InChI=1S/C11H15N3O3/c1-3-11(2,10(16)17)7-12-9(15)8-4-5-13-14-6-8/h4-6H,3,7H2,1-2H3,(H,12,15)(H,16,17). The molecule has 1 amide bonds. The minimum atomic E-state index is -0.948. The Balaban J connectivity index is 2.63. The molecule has 6 nitrogen and oxygen atoms in total. The third-order valence-corrected chi connectivity index (χ3v) is 2.78. The average molecular weight is 237 g/mol. The second kappa shape index (κ2) is 5.38. The second-order valence-corrected chi connectivity index (χ2v) is 4.03. The molecule has 0 fully saturated rings. The van der Waals surface area contributed by atoms with Crippen molar-refractivity contribution in [2.24, 2.45) is 5.41 Å². The Morgan fingerprint density at radius 2 is 2.18 bits per heavy atom. The van der Waals surface area contributed by atoms with Gasteiger partial charge in [0.25, 0.3) is 5.91 Å². The largest absolute Gasteiger partial charge is 0.481 e. The summed E-state index contributed by atoms with van der Waals surface area (Å²) in [7, 11) is 0. The Morgan fingerprint density at radius 3 is 2.65 bits per heavy atom. The predicted octanol–water partition coefficient (Wildman–Crippen LogP) is 0.707. The SMILES string of the molecule is CCC(C)(CNC(=O)c1ccnnc1)C(=O)O. The normalized spacial score (nSPS) is 13.8. The lowest BCUT2D eigenvalue weighted by molar-refractivity contribution is -0.147. The number of carbonyl (C=O) groups excluding carboxylic acids is 1. The van der Waals surface area contributed by atoms with Crippen molar-refractivity contribution in [1.29, 1.82) is 0 Å². The fourth-order valence-corrected chi connectivity index (χ4v) is 1.15. The molecule has 0 spiro atoms. The molecule has 17 heavy (non-hydrogen) atoms. The van der Waals surface area contributed by atoms with Crippen LogP contribution in [0.25, 0.3) is 0 Å². The predicted molar refractivity (Wildman–Crippen MR) is 60.4 cm³/mol. The van der Waals surface area contributed by atoms with Crippen LogP contribution in [-0.4, -0.2) is 33.7 Å². The molecule has 1 unspecified atom stereocenters. The van der Waals surface area contributed by atoms with E-state index in [2.05, 4.69) is 15.5 Å². The number of carboxylic acid groups (broad SMARTS) is 1. The Morgan fingerprint density at radius 1 is 1.47 bits per heavy atom. The molecule has 2 N–H and O–H groups in total. The first-order valence-corrected chi connectivity index (χ1v) is 5.28. The van der Waals surface area contributed by atoms with E-state index in [1.165, 1.54) is 18.5 Å². The molecule has 0 aliphatic heterocycles. The van der Waals surface area contributed by atoms with E-state index in [0.717, 1.165) is 0 Å². The second-order valence-electron chi connectivity index (χ2n) is 4.03. The quantitative estimate of drug-likeness (QED) is 0.786. The molecule has 1 rings (SSSR count). The van der Waals surface area contributed by atoms with Crippen LogP contribution >= 0.6 is 0 Å². The molecule has 0 saturated heterocycles. The summed E-state index contributed by atoms with van der Waals surface area (Å²) >= 11 is 0. The van der Waals surface area contributed by atoms with Crippen molar-refractivity contribution in [1.82, 2.24) is 15.5 Å². The van der Waals surface area contributed by atoms with Gasteiger partial charge in [0.2, 0.25) is 0 Å². The maximum Gasteiger partial charge on any atom is 0.311 e. The van der Waals surface area contributed by atoms with Gasteiger partial charge in [-0.2, -0.15) is 10.2 Å². The van der Waals surface area contributed by atoms with Crippen molar-refractivity contribution in [3.63, 3.8) is 0 Å². The molecule has 0 radical (unpaired) electrons. The van der Waals surface area contributed by atoms with Gasteiger partial charge in [-0.1, -0.05) is 6.92 Å². The van der Waals surface area contributed by atoms with E-state index >= 15 is 0 Å². The Bertz CT molecular complexity index is 408. The highest BCUT2D eigenvalue weighted by Gasteiger charge is 2.31. The van der Waals surface area contributed by atoms with Crippen LogP contribution in [-0.2, 0) is 4.79 Å². The van der Waals surface area contributed by atoms with E-state index in [9.17, 15) is 9.59 Å². The summed E-state index contributed by atoms with van der Waals surface area (Å²) in [6, 6.07) is 1.52. The average Bonchev–Trinajstić information content (AvgIpc) is 2.36. The molecule has 92 valence electrons. The van der Waals surface area contributed by atoms with Crippen LogP contribution in [0.15, 0.2) is 18.5 Å². The zero-order chi connectivity index (χ0) is 12.9. The van der Waals surface area contributed by atoms with E-state index in [4.69, 9.17) is 5.11 Å². The van der Waals surface area contributed by atoms with Crippen molar-refractivity contribution in [3.8, 4) is 0 Å². The zero-order valence-corrected chi connectivity index (χ0v) is 9.80. The minimum absolute atomic E-state index is 0.0833. The van der Waals surface area contributed by atoms with Crippen molar-refractivity contribution in [2.45, 2.75) is 20.3 Å². The van der Waals surface area contributed by atoms with Crippen molar-refractivity contribution in [2.75, 3.05) is 6.54 Å². The maximum atomic E-state index is 11.7. The summed E-state index contributed by atoms with van der Waals surface area (Å²) in [6.45, 7) is 3.45. The number of aliphatic carboxylic acids is 1. The lowest BCUT2D eigenvalue weighted by atomic mass is 9.87. The number of rotatable bonds is 5. The minimum Gasteiger partial charge on any atom is -0.481 e. The van der Waals surface area contributed by atoms with Gasteiger partial charge >= 0.3 is 5.97 Å². The Hall–Kier alpha value is -1.98. The summed E-state index contributed by atoms with van der Waals surface area (Å²) in [5.74, 6) is -1.27. The van der Waals surface area contributed by atoms with Gasteiger partial charge in [-0.3, -0.25) is 9.59 Å². The molecule has 0 aliphatic rings. The van der Waals surface area contributed by atoms with Gasteiger partial charge in [0.15, 0.2) is 0 Å². The molecule has 0 aliphatic carbocycles. The third kappa shape index (κ3) is 3.24. The van der Waals surface area contributed by atoms with Crippen molar-refractivity contribution >= 4 is 11.9 Å². The smallest absolute Gasteiger partial charge is 0.311 e. The molecule has 1 heterocycles. The lowest BCUT2D eigenvalue weighted by Gasteiger charge is -2.23. The van der Waals surface area contributed by atoms with Crippen LogP contribution in [0.3, 0.4) is 0 Å².